The monoisotopic (exact) mass is 332 g/mol. The summed E-state index contributed by atoms with van der Waals surface area (Å²) in [5.74, 6) is 0.470. The normalized spacial score (nSPS) is 14.9. The topological polar surface area (TPSA) is 89.7 Å². The van der Waals surface area contributed by atoms with Crippen molar-refractivity contribution in [3.8, 4) is 11.8 Å². The Labute approximate surface area is 139 Å². The Morgan fingerprint density at radius 1 is 1.29 bits per heavy atom. The minimum Gasteiger partial charge on any atom is -0.481 e. The van der Waals surface area contributed by atoms with Gasteiger partial charge >= 0.3 is 0 Å². The average Bonchev–Trinajstić information content (AvgIpc) is 3.04. The third-order valence-corrected chi connectivity index (χ3v) is 4.00. The van der Waals surface area contributed by atoms with Crippen molar-refractivity contribution in [3.05, 3.63) is 35.2 Å². The van der Waals surface area contributed by atoms with E-state index < -0.39 is 6.10 Å². The Hall–Kier alpha value is -2.61. The zero-order chi connectivity index (χ0) is 17.3. The van der Waals surface area contributed by atoms with E-state index >= 15 is 0 Å². The second kappa shape index (κ2) is 6.48. The predicted molar refractivity (Wildman–Crippen MR) is 84.9 cm³/mol. The molecule has 24 heavy (non-hydrogen) atoms. The first kappa shape index (κ1) is 16.3. The highest BCUT2D eigenvalue weighted by molar-refractivity contribution is 5.96. The third-order valence-electron chi connectivity index (χ3n) is 4.00. The smallest absolute Gasteiger partial charge is 0.259 e. The van der Waals surface area contributed by atoms with Gasteiger partial charge in [-0.15, -0.1) is 0 Å². The van der Waals surface area contributed by atoms with Gasteiger partial charge in [0, 0.05) is 12.6 Å². The van der Waals surface area contributed by atoms with Crippen LogP contribution in [0.1, 0.15) is 34.8 Å². The molecule has 8 heteroatoms. The lowest BCUT2D eigenvalue weighted by atomic mass is 10.2. The first-order chi connectivity index (χ1) is 11.5. The standard InChI is InChI=1S/C16H20N4O4/c1-10(21)13-8-11-9-19(6-7-20(11)18-13)16(22)12-4-5-14(23-2)17-15(12)24-3/h4-5,8,10,21H,6-7,9H2,1-3H3/t10-/m1/s1. The van der Waals surface area contributed by atoms with Gasteiger partial charge in [-0.1, -0.05) is 0 Å². The van der Waals surface area contributed by atoms with Crippen molar-refractivity contribution < 1.29 is 19.4 Å². The highest BCUT2D eigenvalue weighted by Crippen LogP contribution is 2.24. The van der Waals surface area contributed by atoms with E-state index in [2.05, 4.69) is 10.1 Å². The van der Waals surface area contributed by atoms with Crippen molar-refractivity contribution in [2.24, 2.45) is 0 Å². The summed E-state index contributed by atoms with van der Waals surface area (Å²) in [6.45, 7) is 3.21. The van der Waals surface area contributed by atoms with Crippen LogP contribution in [0.2, 0.25) is 0 Å². The molecule has 1 atom stereocenters. The van der Waals surface area contributed by atoms with E-state index in [1.165, 1.54) is 14.2 Å². The van der Waals surface area contributed by atoms with Crippen LogP contribution in [0, 0.1) is 0 Å². The second-order valence-electron chi connectivity index (χ2n) is 5.60. The number of aliphatic hydroxyl groups excluding tert-OH is 1. The van der Waals surface area contributed by atoms with E-state index in [-0.39, 0.29) is 11.8 Å². The number of carbonyl (C=O) groups excluding carboxylic acids is 1. The Balaban J connectivity index is 1.83. The van der Waals surface area contributed by atoms with Crippen molar-refractivity contribution in [3.63, 3.8) is 0 Å². The number of ether oxygens (including phenoxy) is 2. The molecule has 2 aromatic rings. The molecule has 3 heterocycles. The molecule has 1 N–H and O–H groups in total. The minimum absolute atomic E-state index is 0.159. The summed E-state index contributed by atoms with van der Waals surface area (Å²) in [5, 5.41) is 14.0. The molecule has 3 rings (SSSR count). The van der Waals surface area contributed by atoms with E-state index in [9.17, 15) is 9.90 Å². The highest BCUT2D eigenvalue weighted by Gasteiger charge is 2.26. The molecular weight excluding hydrogens is 312 g/mol. The van der Waals surface area contributed by atoms with E-state index in [0.29, 0.717) is 36.8 Å². The lowest BCUT2D eigenvalue weighted by molar-refractivity contribution is 0.0701. The molecular formula is C16H20N4O4. The van der Waals surface area contributed by atoms with Crippen LogP contribution in [0.3, 0.4) is 0 Å². The number of carbonyl (C=O) groups is 1. The van der Waals surface area contributed by atoms with E-state index in [1.807, 2.05) is 10.7 Å². The van der Waals surface area contributed by atoms with Crippen molar-refractivity contribution in [2.45, 2.75) is 26.1 Å². The van der Waals surface area contributed by atoms with Crippen LogP contribution in [0.15, 0.2) is 18.2 Å². The van der Waals surface area contributed by atoms with Gasteiger partial charge < -0.3 is 19.5 Å². The summed E-state index contributed by atoms with van der Waals surface area (Å²) in [6.07, 6.45) is -0.627. The SMILES string of the molecule is COc1ccc(C(=O)N2CCn3nc([C@@H](C)O)cc3C2)c(OC)n1. The highest BCUT2D eigenvalue weighted by atomic mass is 16.5. The molecule has 0 saturated carbocycles. The maximum absolute atomic E-state index is 12.8. The Bertz CT molecular complexity index is 757. The average molecular weight is 332 g/mol. The number of rotatable bonds is 4. The molecule has 0 radical (unpaired) electrons. The van der Waals surface area contributed by atoms with E-state index in [1.54, 1.807) is 24.0 Å². The van der Waals surface area contributed by atoms with Gasteiger partial charge in [0.05, 0.1) is 44.8 Å². The number of aromatic nitrogens is 3. The van der Waals surface area contributed by atoms with Crippen LogP contribution in [-0.4, -0.2) is 51.4 Å². The van der Waals surface area contributed by atoms with Crippen LogP contribution in [-0.2, 0) is 13.1 Å². The lowest BCUT2D eigenvalue weighted by Gasteiger charge is -2.28. The van der Waals surface area contributed by atoms with Crippen molar-refractivity contribution >= 4 is 5.91 Å². The van der Waals surface area contributed by atoms with Crippen molar-refractivity contribution in [1.29, 1.82) is 0 Å². The lowest BCUT2D eigenvalue weighted by Crippen LogP contribution is -2.38. The summed E-state index contributed by atoms with van der Waals surface area (Å²) < 4.78 is 12.1. The van der Waals surface area contributed by atoms with Gasteiger partial charge in [-0.05, 0) is 19.1 Å². The number of nitrogens with zero attached hydrogens (tertiary/aromatic N) is 4. The Morgan fingerprint density at radius 2 is 2.08 bits per heavy atom. The molecule has 1 aliphatic heterocycles. The summed E-state index contributed by atoms with van der Waals surface area (Å²) in [5.41, 5.74) is 1.90. The van der Waals surface area contributed by atoms with Crippen LogP contribution >= 0.6 is 0 Å². The first-order valence-electron chi connectivity index (χ1n) is 7.66. The predicted octanol–water partition coefficient (Wildman–Crippen LogP) is 1.00. The summed E-state index contributed by atoms with van der Waals surface area (Å²) in [4.78, 5) is 18.7. The summed E-state index contributed by atoms with van der Waals surface area (Å²) >= 11 is 0. The quantitative estimate of drug-likeness (QED) is 0.898. The minimum atomic E-state index is -0.627. The number of fused-ring (bicyclic) bond motifs is 1. The van der Waals surface area contributed by atoms with Gasteiger partial charge in [0.15, 0.2) is 0 Å². The number of hydrogen-bond acceptors (Lipinski definition) is 6. The van der Waals surface area contributed by atoms with Gasteiger partial charge in [0.2, 0.25) is 11.8 Å². The zero-order valence-corrected chi connectivity index (χ0v) is 13.9. The number of amides is 1. The largest absolute Gasteiger partial charge is 0.481 e. The van der Waals surface area contributed by atoms with E-state index in [0.717, 1.165) is 5.69 Å². The zero-order valence-electron chi connectivity index (χ0n) is 13.9. The van der Waals surface area contributed by atoms with Gasteiger partial charge in [-0.25, -0.2) is 0 Å². The summed E-state index contributed by atoms with van der Waals surface area (Å²) in [7, 11) is 2.98. The van der Waals surface area contributed by atoms with Crippen LogP contribution in [0.5, 0.6) is 11.8 Å². The molecule has 0 saturated heterocycles. The van der Waals surface area contributed by atoms with Crippen LogP contribution < -0.4 is 9.47 Å². The molecule has 1 aliphatic rings. The fourth-order valence-electron chi connectivity index (χ4n) is 2.69. The molecule has 1 amide bonds. The fraction of sp³-hybridized carbons (Fsp3) is 0.438. The number of methoxy groups -OCH3 is 2. The second-order valence-corrected chi connectivity index (χ2v) is 5.60. The van der Waals surface area contributed by atoms with Gasteiger partial charge in [0.1, 0.15) is 5.56 Å². The maximum atomic E-state index is 12.8. The molecule has 2 aromatic heterocycles. The molecule has 0 unspecified atom stereocenters. The Kier molecular flexibility index (Phi) is 4.39. The number of hydrogen-bond donors (Lipinski definition) is 1. The molecule has 128 valence electrons. The molecule has 0 aliphatic carbocycles. The van der Waals surface area contributed by atoms with Crippen LogP contribution in [0.25, 0.3) is 0 Å². The molecule has 8 nitrogen and oxygen atoms in total. The van der Waals surface area contributed by atoms with Crippen molar-refractivity contribution in [2.75, 3.05) is 20.8 Å². The molecule has 0 bridgehead atoms. The maximum Gasteiger partial charge on any atom is 0.259 e. The third kappa shape index (κ3) is 2.92. The van der Waals surface area contributed by atoms with Gasteiger partial charge in [-0.2, -0.15) is 10.1 Å². The van der Waals surface area contributed by atoms with Crippen LogP contribution in [0.4, 0.5) is 0 Å². The van der Waals surface area contributed by atoms with Gasteiger partial charge in [-0.3, -0.25) is 9.48 Å². The molecule has 0 fully saturated rings. The van der Waals surface area contributed by atoms with E-state index in [4.69, 9.17) is 9.47 Å². The summed E-state index contributed by atoms with van der Waals surface area (Å²) in [6, 6.07) is 5.11. The number of pyridine rings is 1. The Morgan fingerprint density at radius 3 is 2.75 bits per heavy atom. The van der Waals surface area contributed by atoms with Crippen molar-refractivity contribution in [1.82, 2.24) is 19.7 Å². The first-order valence-corrected chi connectivity index (χ1v) is 7.66. The fourth-order valence-corrected chi connectivity index (χ4v) is 2.69. The molecule has 0 aromatic carbocycles. The number of aliphatic hydroxyl groups is 1. The van der Waals surface area contributed by atoms with Gasteiger partial charge in [0.25, 0.3) is 5.91 Å². The molecule has 0 spiro atoms.